The highest BCUT2D eigenvalue weighted by Crippen LogP contribution is 2.18. The molecule has 0 radical (unpaired) electrons. The van der Waals surface area contributed by atoms with Gasteiger partial charge in [-0.25, -0.2) is 19.3 Å². The first-order valence-corrected chi connectivity index (χ1v) is 10.6. The minimum absolute atomic E-state index is 0.118. The number of H-pyrrole nitrogens is 1. The van der Waals surface area contributed by atoms with Gasteiger partial charge in [-0.05, 0) is 12.1 Å². The number of morpholine rings is 1. The lowest BCUT2D eigenvalue weighted by atomic mass is 10.2. The van der Waals surface area contributed by atoms with E-state index in [9.17, 15) is 9.59 Å². The Bertz CT molecular complexity index is 1080. The molecule has 0 saturated carbocycles. The topological polar surface area (TPSA) is 140 Å². The van der Waals surface area contributed by atoms with Crippen molar-refractivity contribution in [3.63, 3.8) is 0 Å². The zero-order chi connectivity index (χ0) is 22.5. The van der Waals surface area contributed by atoms with E-state index in [-0.39, 0.29) is 24.4 Å². The van der Waals surface area contributed by atoms with Crippen molar-refractivity contribution in [2.45, 2.75) is 19.2 Å². The number of hydrogen-bond acceptors (Lipinski definition) is 8. The number of halogens is 1. The van der Waals surface area contributed by atoms with Crippen molar-refractivity contribution >= 4 is 27.9 Å². The summed E-state index contributed by atoms with van der Waals surface area (Å²) >= 11 is 3.40. The molecule has 12 nitrogen and oxygen atoms in total. The van der Waals surface area contributed by atoms with E-state index in [1.54, 1.807) is 4.90 Å². The van der Waals surface area contributed by atoms with Crippen molar-refractivity contribution < 1.29 is 19.1 Å². The predicted molar refractivity (Wildman–Crippen MR) is 114 cm³/mol. The summed E-state index contributed by atoms with van der Waals surface area (Å²) in [7, 11) is 1.28. The van der Waals surface area contributed by atoms with Crippen LogP contribution in [0.25, 0.3) is 11.4 Å². The Kier molecular flexibility index (Phi) is 6.75. The first kappa shape index (κ1) is 21.9. The summed E-state index contributed by atoms with van der Waals surface area (Å²) in [6, 6.07) is 7.42. The Morgan fingerprint density at radius 1 is 1.34 bits per heavy atom. The molecule has 1 unspecified atom stereocenters. The number of carbonyl (C=O) groups excluding carboxylic acids is 2. The van der Waals surface area contributed by atoms with E-state index < -0.39 is 5.97 Å². The first-order chi connectivity index (χ1) is 15.5. The maximum Gasteiger partial charge on any atom is 0.360 e. The minimum Gasteiger partial charge on any atom is -0.464 e. The van der Waals surface area contributed by atoms with Crippen molar-refractivity contribution in [2.75, 3.05) is 26.8 Å². The Labute approximate surface area is 191 Å². The third-order valence-corrected chi connectivity index (χ3v) is 5.32. The van der Waals surface area contributed by atoms with Crippen LogP contribution in [0, 0.1) is 0 Å². The fourth-order valence-electron chi connectivity index (χ4n) is 3.18. The molecule has 3 heterocycles. The average Bonchev–Trinajstić information content (AvgIpc) is 3.47. The molecule has 3 aromatic rings. The van der Waals surface area contributed by atoms with Crippen molar-refractivity contribution in [3.8, 4) is 11.4 Å². The van der Waals surface area contributed by atoms with Crippen molar-refractivity contribution in [1.29, 1.82) is 0 Å². The molecule has 2 amide bonds. The normalized spacial score (nSPS) is 16.1. The number of rotatable bonds is 6. The van der Waals surface area contributed by atoms with E-state index in [0.29, 0.717) is 37.9 Å². The van der Waals surface area contributed by atoms with Gasteiger partial charge < -0.3 is 19.7 Å². The van der Waals surface area contributed by atoms with Gasteiger partial charge >= 0.3 is 12.0 Å². The van der Waals surface area contributed by atoms with E-state index in [1.165, 1.54) is 18.0 Å². The number of ether oxygens (including phenoxy) is 2. The molecule has 1 fully saturated rings. The van der Waals surface area contributed by atoms with E-state index >= 15 is 0 Å². The van der Waals surface area contributed by atoms with Crippen molar-refractivity contribution in [1.82, 2.24) is 40.4 Å². The summed E-state index contributed by atoms with van der Waals surface area (Å²) in [5.41, 5.74) is 0.994. The average molecular weight is 505 g/mol. The number of esters is 1. The maximum atomic E-state index is 12.6. The fraction of sp³-hybridized carbons (Fsp3) is 0.368. The predicted octanol–water partition coefficient (Wildman–Crippen LogP) is 1.22. The van der Waals surface area contributed by atoms with Crippen LogP contribution in [-0.4, -0.2) is 80.0 Å². The molecule has 1 aliphatic heterocycles. The lowest BCUT2D eigenvalue weighted by Crippen LogP contribution is -2.50. The second kappa shape index (κ2) is 9.87. The molecule has 4 rings (SSSR count). The van der Waals surface area contributed by atoms with Gasteiger partial charge in [-0.3, -0.25) is 5.10 Å². The number of benzene rings is 1. The molecular formula is C19H21BrN8O4. The van der Waals surface area contributed by atoms with Gasteiger partial charge in [0.15, 0.2) is 11.5 Å². The Balaban J connectivity index is 1.28. The smallest absolute Gasteiger partial charge is 0.360 e. The summed E-state index contributed by atoms with van der Waals surface area (Å²) in [6.45, 7) is 1.81. The number of aromatic nitrogens is 6. The number of carbonyl (C=O) groups is 2. The zero-order valence-corrected chi connectivity index (χ0v) is 18.8. The molecule has 32 heavy (non-hydrogen) atoms. The number of hydrogen-bond donors (Lipinski definition) is 2. The molecule has 13 heteroatoms. The highest BCUT2D eigenvalue weighted by atomic mass is 79.9. The third-order valence-electron chi connectivity index (χ3n) is 4.79. The lowest BCUT2D eigenvalue weighted by molar-refractivity contribution is -0.0240. The molecule has 1 atom stereocenters. The number of nitrogens with one attached hydrogen (secondary N) is 2. The van der Waals surface area contributed by atoms with Crippen molar-refractivity contribution in [2.24, 2.45) is 0 Å². The van der Waals surface area contributed by atoms with Crippen LogP contribution in [0.4, 0.5) is 4.79 Å². The summed E-state index contributed by atoms with van der Waals surface area (Å²) < 4.78 is 12.8. The van der Waals surface area contributed by atoms with Gasteiger partial charge in [0, 0.05) is 16.6 Å². The largest absolute Gasteiger partial charge is 0.464 e. The number of methoxy groups -OCH3 is 1. The molecule has 2 aromatic heterocycles. The Morgan fingerprint density at radius 3 is 2.94 bits per heavy atom. The van der Waals surface area contributed by atoms with E-state index in [0.717, 1.165) is 10.0 Å². The summed E-state index contributed by atoms with van der Waals surface area (Å²) in [5.74, 6) is 0.559. The van der Waals surface area contributed by atoms with Crippen LogP contribution in [-0.2, 0) is 22.6 Å². The van der Waals surface area contributed by atoms with Crippen LogP contribution < -0.4 is 5.32 Å². The molecule has 1 aliphatic rings. The van der Waals surface area contributed by atoms with Gasteiger partial charge in [0.05, 0.1) is 45.7 Å². The van der Waals surface area contributed by atoms with Crippen LogP contribution in [0.15, 0.2) is 34.9 Å². The van der Waals surface area contributed by atoms with Gasteiger partial charge in [0.2, 0.25) is 0 Å². The number of urea groups is 1. The van der Waals surface area contributed by atoms with Gasteiger partial charge in [0.25, 0.3) is 0 Å². The highest BCUT2D eigenvalue weighted by Gasteiger charge is 2.25. The number of amides is 2. The second-order valence-corrected chi connectivity index (χ2v) is 7.94. The van der Waals surface area contributed by atoms with Crippen molar-refractivity contribution in [3.05, 3.63) is 46.5 Å². The van der Waals surface area contributed by atoms with Crippen LogP contribution in [0.5, 0.6) is 0 Å². The summed E-state index contributed by atoms with van der Waals surface area (Å²) in [6.07, 6.45) is 1.21. The molecule has 2 N–H and O–H groups in total. The summed E-state index contributed by atoms with van der Waals surface area (Å²) in [4.78, 5) is 30.2. The number of nitrogens with zero attached hydrogens (tertiary/aromatic N) is 6. The molecular weight excluding hydrogens is 484 g/mol. The van der Waals surface area contributed by atoms with Gasteiger partial charge in [-0.2, -0.15) is 5.10 Å². The third kappa shape index (κ3) is 5.29. The molecule has 0 aliphatic carbocycles. The zero-order valence-electron chi connectivity index (χ0n) is 17.2. The van der Waals surface area contributed by atoms with Gasteiger partial charge in [-0.15, -0.1) is 5.10 Å². The standard InChI is InChI=1S/C19H21BrN8O4/c1-31-18(29)15-11-28(26-23-15)10-14-9-27(6-7-32-14)19(30)21-8-16-22-17(25-24-16)12-2-4-13(20)5-3-12/h2-5,11,14H,6-10H2,1H3,(H,21,30)(H,22,24,25). The van der Waals surface area contributed by atoms with Crippen LogP contribution in [0.3, 0.4) is 0 Å². The highest BCUT2D eigenvalue weighted by molar-refractivity contribution is 9.10. The molecule has 1 saturated heterocycles. The quantitative estimate of drug-likeness (QED) is 0.477. The monoisotopic (exact) mass is 504 g/mol. The Morgan fingerprint density at radius 2 is 2.16 bits per heavy atom. The van der Waals surface area contributed by atoms with Crippen LogP contribution >= 0.6 is 15.9 Å². The molecule has 1 aromatic carbocycles. The van der Waals surface area contributed by atoms with Gasteiger partial charge in [-0.1, -0.05) is 33.3 Å². The fourth-order valence-corrected chi connectivity index (χ4v) is 3.45. The summed E-state index contributed by atoms with van der Waals surface area (Å²) in [5, 5.41) is 17.6. The van der Waals surface area contributed by atoms with Crippen LogP contribution in [0.2, 0.25) is 0 Å². The van der Waals surface area contributed by atoms with E-state index in [4.69, 9.17) is 4.74 Å². The molecule has 168 valence electrons. The minimum atomic E-state index is -0.558. The first-order valence-electron chi connectivity index (χ1n) is 9.82. The van der Waals surface area contributed by atoms with Gasteiger partial charge in [0.1, 0.15) is 5.82 Å². The Hall–Kier alpha value is -3.32. The molecule has 0 spiro atoms. The second-order valence-electron chi connectivity index (χ2n) is 7.03. The number of aromatic amines is 1. The SMILES string of the molecule is COC(=O)c1cn(CC2CN(C(=O)NCc3nc(-c4ccc(Br)cc4)n[nH]3)CCO2)nn1. The van der Waals surface area contributed by atoms with E-state index in [2.05, 4.69) is 51.5 Å². The molecule has 0 bridgehead atoms. The maximum absolute atomic E-state index is 12.6. The lowest BCUT2D eigenvalue weighted by Gasteiger charge is -2.32. The van der Waals surface area contributed by atoms with E-state index in [1.807, 2.05) is 24.3 Å². The van der Waals surface area contributed by atoms with Crippen LogP contribution in [0.1, 0.15) is 16.3 Å².